The van der Waals surface area contributed by atoms with Gasteiger partial charge < -0.3 is 10.1 Å². The number of carbonyl (C=O) groups excluding carboxylic acids is 2. The van der Waals surface area contributed by atoms with Gasteiger partial charge in [0.25, 0.3) is 12.3 Å². The van der Waals surface area contributed by atoms with Crippen LogP contribution in [0.25, 0.3) is 0 Å². The van der Waals surface area contributed by atoms with E-state index in [0.29, 0.717) is 22.4 Å². The van der Waals surface area contributed by atoms with E-state index < -0.39 is 13.0 Å². The number of Topliss-reactive ketones (excluding diaryl/α,β-unsaturated/α-hetero) is 1. The number of pyridine rings is 2. The Morgan fingerprint density at radius 2 is 1.96 bits per heavy atom. The third-order valence-electron chi connectivity index (χ3n) is 3.96. The van der Waals surface area contributed by atoms with E-state index in [2.05, 4.69) is 15.3 Å². The summed E-state index contributed by atoms with van der Waals surface area (Å²) in [4.78, 5) is 32.4. The van der Waals surface area contributed by atoms with Crippen molar-refractivity contribution in [1.82, 2.24) is 15.3 Å². The third-order valence-corrected chi connectivity index (χ3v) is 3.96. The van der Waals surface area contributed by atoms with Crippen LogP contribution in [0.15, 0.2) is 30.6 Å². The van der Waals surface area contributed by atoms with Crippen LogP contribution in [0.5, 0.6) is 5.88 Å². The number of halogens is 2. The van der Waals surface area contributed by atoms with Gasteiger partial charge in [-0.1, -0.05) is 13.8 Å². The summed E-state index contributed by atoms with van der Waals surface area (Å²) in [6.07, 6.45) is 0.579. The Balaban J connectivity index is 1.96. The van der Waals surface area contributed by atoms with Crippen molar-refractivity contribution in [3.05, 3.63) is 53.0 Å². The van der Waals surface area contributed by atoms with Crippen molar-refractivity contribution in [3.63, 3.8) is 0 Å². The van der Waals surface area contributed by atoms with E-state index in [4.69, 9.17) is 4.74 Å². The molecule has 0 spiro atoms. The third kappa shape index (κ3) is 6.37. The maximum atomic E-state index is 12.4. The first kappa shape index (κ1) is 21.4. The molecule has 28 heavy (non-hydrogen) atoms. The lowest BCUT2D eigenvalue weighted by atomic mass is 10.0. The standard InChI is InChI=1S/C20H23F2N3O3/c1-12(2)17(26)8-16-7-15(4-5-23-16)19(27)24-9-14-6-13(3)20(25-10-14)28-11-18(21)22/h4-7,10,12,18H,8-9,11H2,1-3H3,(H,24,27). The molecular formula is C20H23F2N3O3. The van der Waals surface area contributed by atoms with E-state index in [9.17, 15) is 18.4 Å². The molecule has 8 heteroatoms. The van der Waals surface area contributed by atoms with E-state index in [1.807, 2.05) is 13.8 Å². The Hall–Kier alpha value is -2.90. The zero-order valence-corrected chi connectivity index (χ0v) is 16.0. The number of ether oxygens (including phenoxy) is 1. The van der Waals surface area contributed by atoms with Crippen LogP contribution in [-0.2, 0) is 17.8 Å². The van der Waals surface area contributed by atoms with Gasteiger partial charge in [0.1, 0.15) is 5.78 Å². The Labute approximate surface area is 162 Å². The van der Waals surface area contributed by atoms with Gasteiger partial charge in [-0.15, -0.1) is 0 Å². The fraction of sp³-hybridized carbons (Fsp3) is 0.400. The Kier molecular flexibility index (Phi) is 7.54. The molecule has 0 aromatic carbocycles. The van der Waals surface area contributed by atoms with E-state index in [1.54, 1.807) is 25.1 Å². The van der Waals surface area contributed by atoms with Crippen molar-refractivity contribution in [1.29, 1.82) is 0 Å². The van der Waals surface area contributed by atoms with Crippen LogP contribution in [-0.4, -0.2) is 34.7 Å². The number of nitrogens with zero attached hydrogens (tertiary/aromatic N) is 2. The summed E-state index contributed by atoms with van der Waals surface area (Å²) in [5.74, 6) is -0.205. The first-order valence-electron chi connectivity index (χ1n) is 8.88. The van der Waals surface area contributed by atoms with Gasteiger partial charge in [-0.25, -0.2) is 13.8 Å². The van der Waals surface area contributed by atoms with E-state index in [-0.39, 0.29) is 36.5 Å². The maximum Gasteiger partial charge on any atom is 0.272 e. The van der Waals surface area contributed by atoms with Crippen molar-refractivity contribution >= 4 is 11.7 Å². The van der Waals surface area contributed by atoms with Crippen LogP contribution >= 0.6 is 0 Å². The van der Waals surface area contributed by atoms with E-state index >= 15 is 0 Å². The van der Waals surface area contributed by atoms with Gasteiger partial charge in [0.15, 0.2) is 6.61 Å². The molecule has 1 N–H and O–H groups in total. The molecule has 0 atom stereocenters. The van der Waals surface area contributed by atoms with Gasteiger partial charge in [0.05, 0.1) is 0 Å². The highest BCUT2D eigenvalue weighted by Gasteiger charge is 2.13. The zero-order chi connectivity index (χ0) is 20.7. The summed E-state index contributed by atoms with van der Waals surface area (Å²) in [5, 5.41) is 2.76. The molecule has 0 bridgehead atoms. The molecule has 0 unspecified atom stereocenters. The lowest BCUT2D eigenvalue weighted by Gasteiger charge is -2.10. The number of hydrogen-bond donors (Lipinski definition) is 1. The number of ketones is 1. The van der Waals surface area contributed by atoms with Crippen molar-refractivity contribution < 1.29 is 23.1 Å². The second-order valence-corrected chi connectivity index (χ2v) is 6.68. The normalized spacial score (nSPS) is 11.0. The molecule has 0 saturated heterocycles. The molecule has 0 aliphatic heterocycles. The number of nitrogens with one attached hydrogen (secondary N) is 1. The molecule has 2 aromatic heterocycles. The lowest BCUT2D eigenvalue weighted by molar-refractivity contribution is -0.121. The second-order valence-electron chi connectivity index (χ2n) is 6.68. The Bertz CT molecular complexity index is 841. The zero-order valence-electron chi connectivity index (χ0n) is 16.0. The number of aromatic nitrogens is 2. The summed E-state index contributed by atoms with van der Waals surface area (Å²) < 4.78 is 29.4. The highest BCUT2D eigenvalue weighted by atomic mass is 19.3. The second kappa shape index (κ2) is 9.87. The van der Waals surface area contributed by atoms with Gasteiger partial charge in [0.2, 0.25) is 5.88 Å². The molecule has 6 nitrogen and oxygen atoms in total. The summed E-state index contributed by atoms with van der Waals surface area (Å²) in [6, 6.07) is 4.89. The summed E-state index contributed by atoms with van der Waals surface area (Å²) in [6.45, 7) is 4.83. The van der Waals surface area contributed by atoms with Crippen LogP contribution < -0.4 is 10.1 Å². The van der Waals surface area contributed by atoms with Gasteiger partial charge in [-0.3, -0.25) is 14.6 Å². The molecule has 2 rings (SSSR count). The van der Waals surface area contributed by atoms with Gasteiger partial charge in [0, 0.05) is 48.1 Å². The quantitative estimate of drug-likeness (QED) is 0.710. The number of carbonyl (C=O) groups is 2. The molecule has 0 radical (unpaired) electrons. The summed E-state index contributed by atoms with van der Waals surface area (Å²) in [7, 11) is 0. The predicted octanol–water partition coefficient (Wildman–Crippen LogP) is 3.13. The molecule has 2 aromatic rings. The first-order chi connectivity index (χ1) is 13.3. The number of amides is 1. The maximum absolute atomic E-state index is 12.4. The number of hydrogen-bond acceptors (Lipinski definition) is 5. The highest BCUT2D eigenvalue weighted by molar-refractivity contribution is 5.94. The van der Waals surface area contributed by atoms with Crippen molar-refractivity contribution in [3.8, 4) is 5.88 Å². The van der Waals surface area contributed by atoms with Crippen LogP contribution in [0.3, 0.4) is 0 Å². The fourth-order valence-electron chi connectivity index (χ4n) is 2.39. The van der Waals surface area contributed by atoms with E-state index in [0.717, 1.165) is 0 Å². The number of alkyl halides is 2. The molecule has 0 aliphatic rings. The molecule has 0 aliphatic carbocycles. The summed E-state index contributed by atoms with van der Waals surface area (Å²) in [5.41, 5.74) is 2.26. The van der Waals surface area contributed by atoms with Gasteiger partial charge in [-0.2, -0.15) is 0 Å². The average molecular weight is 391 g/mol. The predicted molar refractivity (Wildman–Crippen MR) is 99.4 cm³/mol. The SMILES string of the molecule is Cc1cc(CNC(=O)c2ccnc(CC(=O)C(C)C)c2)cnc1OCC(F)F. The largest absolute Gasteiger partial charge is 0.471 e. The smallest absolute Gasteiger partial charge is 0.272 e. The van der Waals surface area contributed by atoms with Crippen LogP contribution in [0.2, 0.25) is 0 Å². The van der Waals surface area contributed by atoms with Crippen molar-refractivity contribution in [2.45, 2.75) is 40.2 Å². The van der Waals surface area contributed by atoms with Crippen molar-refractivity contribution in [2.75, 3.05) is 6.61 Å². The Morgan fingerprint density at radius 3 is 2.61 bits per heavy atom. The minimum absolute atomic E-state index is 0.0563. The molecule has 150 valence electrons. The van der Waals surface area contributed by atoms with E-state index in [1.165, 1.54) is 12.4 Å². The molecule has 0 saturated carbocycles. The molecule has 0 fully saturated rings. The topological polar surface area (TPSA) is 81.2 Å². The van der Waals surface area contributed by atoms with Crippen LogP contribution in [0.4, 0.5) is 8.78 Å². The number of aryl methyl sites for hydroxylation is 1. The monoisotopic (exact) mass is 391 g/mol. The molecule has 1 amide bonds. The van der Waals surface area contributed by atoms with Crippen molar-refractivity contribution in [2.24, 2.45) is 5.92 Å². The van der Waals surface area contributed by atoms with Crippen LogP contribution in [0.1, 0.15) is 41.0 Å². The highest BCUT2D eigenvalue weighted by Crippen LogP contribution is 2.16. The minimum atomic E-state index is -2.57. The van der Waals surface area contributed by atoms with Gasteiger partial charge >= 0.3 is 0 Å². The average Bonchev–Trinajstić information content (AvgIpc) is 2.65. The lowest BCUT2D eigenvalue weighted by Crippen LogP contribution is -2.23. The molecular weight excluding hydrogens is 368 g/mol. The van der Waals surface area contributed by atoms with Crippen LogP contribution in [0, 0.1) is 12.8 Å². The number of rotatable bonds is 9. The first-order valence-corrected chi connectivity index (χ1v) is 8.88. The fourth-order valence-corrected chi connectivity index (χ4v) is 2.39. The van der Waals surface area contributed by atoms with Gasteiger partial charge in [-0.05, 0) is 30.7 Å². The Morgan fingerprint density at radius 1 is 1.21 bits per heavy atom. The summed E-state index contributed by atoms with van der Waals surface area (Å²) >= 11 is 0. The molecule has 2 heterocycles. The minimum Gasteiger partial charge on any atom is -0.471 e.